The van der Waals surface area contributed by atoms with E-state index in [1.165, 1.54) is 15.3 Å². The van der Waals surface area contributed by atoms with Crippen LogP contribution in [0.2, 0.25) is 0 Å². The molecule has 0 aliphatic heterocycles. The molecule has 0 saturated heterocycles. The van der Waals surface area contributed by atoms with Crippen LogP contribution in [0.4, 0.5) is 0 Å². The number of methoxy groups -OCH3 is 1. The number of rotatable bonds is 5. The number of aryl methyl sites for hydroxylation is 2. The predicted octanol–water partition coefficient (Wildman–Crippen LogP) is 3.18. The second-order valence-corrected chi connectivity index (χ2v) is 5.70. The molecule has 2 aromatic rings. The summed E-state index contributed by atoms with van der Waals surface area (Å²) in [5.74, 6) is 6.62. The van der Waals surface area contributed by atoms with Crippen molar-refractivity contribution in [2.24, 2.45) is 5.84 Å². The molecule has 1 heterocycles. The van der Waals surface area contributed by atoms with Crippen molar-refractivity contribution in [1.82, 2.24) is 5.43 Å². The minimum Gasteiger partial charge on any atom is -0.496 e. The van der Waals surface area contributed by atoms with Gasteiger partial charge in [-0.25, -0.2) is 5.43 Å². The van der Waals surface area contributed by atoms with Crippen molar-refractivity contribution in [3.63, 3.8) is 0 Å². The average Bonchev–Trinajstić information content (AvgIpc) is 2.89. The summed E-state index contributed by atoms with van der Waals surface area (Å²) in [6, 6.07) is 10.4. The van der Waals surface area contributed by atoms with Crippen molar-refractivity contribution in [1.29, 1.82) is 0 Å². The van der Waals surface area contributed by atoms with E-state index in [0.29, 0.717) is 0 Å². The van der Waals surface area contributed by atoms with E-state index < -0.39 is 0 Å². The fourth-order valence-corrected chi connectivity index (χ4v) is 3.18. The molecule has 0 amide bonds. The molecule has 0 spiro atoms. The molecule has 102 valence electrons. The molecule has 0 fully saturated rings. The van der Waals surface area contributed by atoms with Crippen LogP contribution in [0, 0.1) is 6.92 Å². The van der Waals surface area contributed by atoms with Gasteiger partial charge in [0.25, 0.3) is 0 Å². The Kier molecular flexibility index (Phi) is 4.58. The van der Waals surface area contributed by atoms with Crippen LogP contribution in [0.5, 0.6) is 5.75 Å². The molecule has 4 heteroatoms. The van der Waals surface area contributed by atoms with Gasteiger partial charge in [0.15, 0.2) is 0 Å². The SMILES string of the molecule is CCc1ccc(C(NN)c2cc(C)ccc2OC)s1. The van der Waals surface area contributed by atoms with Crippen LogP contribution in [0.1, 0.15) is 33.8 Å². The van der Waals surface area contributed by atoms with Crippen molar-refractivity contribution in [2.45, 2.75) is 26.3 Å². The monoisotopic (exact) mass is 276 g/mol. The molecule has 0 aliphatic carbocycles. The zero-order chi connectivity index (χ0) is 13.8. The molecule has 1 atom stereocenters. The molecule has 0 bridgehead atoms. The van der Waals surface area contributed by atoms with E-state index in [1.54, 1.807) is 18.4 Å². The largest absolute Gasteiger partial charge is 0.496 e. The number of hydrazine groups is 1. The number of thiophene rings is 1. The highest BCUT2D eigenvalue weighted by molar-refractivity contribution is 7.12. The fraction of sp³-hybridized carbons (Fsp3) is 0.333. The minimum absolute atomic E-state index is 0.0276. The van der Waals surface area contributed by atoms with Gasteiger partial charge in [0, 0.05) is 15.3 Å². The number of hydrogen-bond acceptors (Lipinski definition) is 4. The van der Waals surface area contributed by atoms with Crippen molar-refractivity contribution in [3.05, 3.63) is 51.2 Å². The molecule has 19 heavy (non-hydrogen) atoms. The van der Waals surface area contributed by atoms with E-state index in [-0.39, 0.29) is 6.04 Å². The maximum absolute atomic E-state index is 5.76. The Morgan fingerprint density at radius 2 is 2.11 bits per heavy atom. The second-order valence-electron chi connectivity index (χ2n) is 4.50. The first-order valence-corrected chi connectivity index (χ1v) is 7.20. The minimum atomic E-state index is -0.0276. The highest BCUT2D eigenvalue weighted by Crippen LogP contribution is 2.33. The summed E-state index contributed by atoms with van der Waals surface area (Å²) in [6.45, 7) is 4.23. The van der Waals surface area contributed by atoms with Gasteiger partial charge in [0.05, 0.1) is 13.2 Å². The maximum Gasteiger partial charge on any atom is 0.124 e. The summed E-state index contributed by atoms with van der Waals surface area (Å²) in [5, 5.41) is 0. The molecule has 2 rings (SSSR count). The van der Waals surface area contributed by atoms with E-state index in [0.717, 1.165) is 17.7 Å². The first-order valence-electron chi connectivity index (χ1n) is 6.38. The molecule has 3 nitrogen and oxygen atoms in total. The Balaban J connectivity index is 2.43. The van der Waals surface area contributed by atoms with E-state index in [9.17, 15) is 0 Å². The van der Waals surface area contributed by atoms with E-state index in [1.807, 2.05) is 12.1 Å². The third-order valence-electron chi connectivity index (χ3n) is 3.18. The van der Waals surface area contributed by atoms with E-state index in [4.69, 9.17) is 10.6 Å². The summed E-state index contributed by atoms with van der Waals surface area (Å²) in [6.07, 6.45) is 1.05. The molecule has 1 unspecified atom stereocenters. The first-order chi connectivity index (χ1) is 9.19. The Bertz CT molecular complexity index is 551. The molecule has 0 saturated carbocycles. The van der Waals surface area contributed by atoms with Gasteiger partial charge in [-0.2, -0.15) is 0 Å². The molecule has 1 aromatic carbocycles. The topological polar surface area (TPSA) is 47.3 Å². The van der Waals surface area contributed by atoms with Crippen LogP contribution < -0.4 is 16.0 Å². The Hall–Kier alpha value is -1.36. The number of nitrogens with one attached hydrogen (secondary N) is 1. The third-order valence-corrected chi connectivity index (χ3v) is 4.47. The summed E-state index contributed by atoms with van der Waals surface area (Å²) >= 11 is 1.79. The summed E-state index contributed by atoms with van der Waals surface area (Å²) < 4.78 is 5.45. The van der Waals surface area contributed by atoms with Crippen molar-refractivity contribution in [2.75, 3.05) is 7.11 Å². The summed E-state index contributed by atoms with van der Waals surface area (Å²) in [7, 11) is 1.69. The average molecular weight is 276 g/mol. The van der Waals surface area contributed by atoms with Crippen LogP contribution in [0.15, 0.2) is 30.3 Å². The van der Waals surface area contributed by atoms with Crippen molar-refractivity contribution >= 4 is 11.3 Å². The Morgan fingerprint density at radius 3 is 2.68 bits per heavy atom. The zero-order valence-corrected chi connectivity index (χ0v) is 12.4. The van der Waals surface area contributed by atoms with Gasteiger partial charge < -0.3 is 4.74 Å². The third kappa shape index (κ3) is 2.97. The molecule has 1 aromatic heterocycles. The molecule has 0 radical (unpaired) electrons. The molecular weight excluding hydrogens is 256 g/mol. The lowest BCUT2D eigenvalue weighted by Crippen LogP contribution is -2.28. The number of hydrogen-bond donors (Lipinski definition) is 2. The lowest BCUT2D eigenvalue weighted by atomic mass is 10.0. The number of nitrogens with two attached hydrogens (primary N) is 1. The standard InChI is InChI=1S/C15H20N2OS/c1-4-11-6-8-14(19-11)15(17-16)12-9-10(2)5-7-13(12)18-3/h5-9,15,17H,4,16H2,1-3H3. The Labute approximate surface area is 118 Å². The van der Waals surface area contributed by atoms with Gasteiger partial charge >= 0.3 is 0 Å². The highest BCUT2D eigenvalue weighted by Gasteiger charge is 2.18. The molecule has 0 aliphatic rings. The Morgan fingerprint density at radius 1 is 1.32 bits per heavy atom. The van der Waals surface area contributed by atoms with Crippen LogP contribution in [0.3, 0.4) is 0 Å². The van der Waals surface area contributed by atoms with Gasteiger partial charge in [-0.05, 0) is 31.5 Å². The predicted molar refractivity (Wildman–Crippen MR) is 80.6 cm³/mol. The number of benzene rings is 1. The van der Waals surface area contributed by atoms with E-state index in [2.05, 4.69) is 37.5 Å². The first kappa shape index (κ1) is 14.1. The highest BCUT2D eigenvalue weighted by atomic mass is 32.1. The molecular formula is C15H20N2OS. The fourth-order valence-electron chi connectivity index (χ4n) is 2.14. The van der Waals surface area contributed by atoms with Crippen molar-refractivity contribution in [3.8, 4) is 5.75 Å². The van der Waals surface area contributed by atoms with Crippen LogP contribution >= 0.6 is 11.3 Å². The van der Waals surface area contributed by atoms with Gasteiger partial charge in [-0.3, -0.25) is 5.84 Å². The number of ether oxygens (including phenoxy) is 1. The smallest absolute Gasteiger partial charge is 0.124 e. The molecule has 3 N–H and O–H groups in total. The second kappa shape index (κ2) is 6.19. The summed E-state index contributed by atoms with van der Waals surface area (Å²) in [5.41, 5.74) is 5.18. The van der Waals surface area contributed by atoms with Gasteiger partial charge in [0.1, 0.15) is 5.75 Å². The maximum atomic E-state index is 5.76. The van der Waals surface area contributed by atoms with Gasteiger partial charge in [-0.1, -0.05) is 24.6 Å². The lowest BCUT2D eigenvalue weighted by Gasteiger charge is -2.18. The van der Waals surface area contributed by atoms with Crippen molar-refractivity contribution < 1.29 is 4.74 Å². The lowest BCUT2D eigenvalue weighted by molar-refractivity contribution is 0.404. The zero-order valence-electron chi connectivity index (χ0n) is 11.6. The van der Waals surface area contributed by atoms with Crippen LogP contribution in [-0.2, 0) is 6.42 Å². The van der Waals surface area contributed by atoms with Gasteiger partial charge in [-0.15, -0.1) is 11.3 Å². The quantitative estimate of drug-likeness (QED) is 0.651. The van der Waals surface area contributed by atoms with Crippen LogP contribution in [0.25, 0.3) is 0 Å². The normalized spacial score (nSPS) is 12.4. The van der Waals surface area contributed by atoms with Crippen LogP contribution in [-0.4, -0.2) is 7.11 Å². The summed E-state index contributed by atoms with van der Waals surface area (Å²) in [4.78, 5) is 2.57. The van der Waals surface area contributed by atoms with Gasteiger partial charge in [0.2, 0.25) is 0 Å². The van der Waals surface area contributed by atoms with E-state index >= 15 is 0 Å².